The summed E-state index contributed by atoms with van der Waals surface area (Å²) in [7, 11) is 0. The van der Waals surface area contributed by atoms with E-state index >= 15 is 0 Å². The van der Waals surface area contributed by atoms with Gasteiger partial charge < -0.3 is 14.8 Å². The first-order valence-electron chi connectivity index (χ1n) is 7.65. The third-order valence-corrected chi connectivity index (χ3v) is 3.57. The van der Waals surface area contributed by atoms with Crippen molar-refractivity contribution >= 4 is 11.6 Å². The van der Waals surface area contributed by atoms with E-state index in [1.54, 1.807) is 18.3 Å². The number of hydrogen-bond donors (Lipinski definition) is 1. The molecule has 1 aromatic carbocycles. The standard InChI is InChI=1S/C17H19N3O3/c1-12-9-19-16(10-18-12)17(21)20-13-4-2-5-14(8-13)23-11-15-6-3-7-22-15/h2,4-5,8-10,15H,3,6-7,11H2,1H3,(H,20,21). The minimum atomic E-state index is -0.297. The molecule has 2 heterocycles. The number of aryl methyl sites for hydroxylation is 1. The van der Waals surface area contributed by atoms with E-state index in [1.165, 1.54) is 6.20 Å². The van der Waals surface area contributed by atoms with Crippen LogP contribution in [0.3, 0.4) is 0 Å². The van der Waals surface area contributed by atoms with Crippen molar-refractivity contribution in [2.24, 2.45) is 0 Å². The van der Waals surface area contributed by atoms with E-state index in [2.05, 4.69) is 15.3 Å². The van der Waals surface area contributed by atoms with Crippen molar-refractivity contribution in [3.05, 3.63) is 48.0 Å². The molecule has 0 radical (unpaired) electrons. The first-order chi connectivity index (χ1) is 11.2. The van der Waals surface area contributed by atoms with Gasteiger partial charge in [-0.05, 0) is 31.9 Å². The van der Waals surface area contributed by atoms with Crippen molar-refractivity contribution in [2.45, 2.75) is 25.9 Å². The largest absolute Gasteiger partial charge is 0.491 e. The molecule has 6 heteroatoms. The van der Waals surface area contributed by atoms with Gasteiger partial charge in [-0.1, -0.05) is 6.07 Å². The molecule has 1 aromatic heterocycles. The molecule has 2 aromatic rings. The Bertz CT molecular complexity index is 667. The van der Waals surface area contributed by atoms with Gasteiger partial charge in [0.1, 0.15) is 18.1 Å². The SMILES string of the molecule is Cc1cnc(C(=O)Nc2cccc(OCC3CCCO3)c2)cn1. The second-order valence-electron chi connectivity index (χ2n) is 5.47. The van der Waals surface area contributed by atoms with Gasteiger partial charge in [-0.15, -0.1) is 0 Å². The molecule has 1 amide bonds. The Morgan fingerprint density at radius 2 is 2.30 bits per heavy atom. The highest BCUT2D eigenvalue weighted by Gasteiger charge is 2.16. The molecular weight excluding hydrogens is 294 g/mol. The zero-order chi connectivity index (χ0) is 16.1. The number of aromatic nitrogens is 2. The number of ether oxygens (including phenoxy) is 2. The van der Waals surface area contributed by atoms with Crippen LogP contribution in [0, 0.1) is 6.92 Å². The zero-order valence-corrected chi connectivity index (χ0v) is 13.0. The van der Waals surface area contributed by atoms with Crippen LogP contribution in [0.15, 0.2) is 36.7 Å². The fourth-order valence-corrected chi connectivity index (χ4v) is 2.33. The van der Waals surface area contributed by atoms with Crippen molar-refractivity contribution in [3.8, 4) is 5.75 Å². The van der Waals surface area contributed by atoms with Crippen LogP contribution in [-0.4, -0.2) is 35.2 Å². The third kappa shape index (κ3) is 4.26. The lowest BCUT2D eigenvalue weighted by Gasteiger charge is -2.12. The summed E-state index contributed by atoms with van der Waals surface area (Å²) in [4.78, 5) is 20.3. The Morgan fingerprint density at radius 3 is 3.04 bits per heavy atom. The maximum Gasteiger partial charge on any atom is 0.275 e. The molecule has 23 heavy (non-hydrogen) atoms. The van der Waals surface area contributed by atoms with Gasteiger partial charge in [0.2, 0.25) is 0 Å². The Morgan fingerprint density at radius 1 is 1.39 bits per heavy atom. The van der Waals surface area contributed by atoms with Gasteiger partial charge in [0.05, 0.1) is 18.0 Å². The number of benzene rings is 1. The molecule has 0 bridgehead atoms. The first-order valence-corrected chi connectivity index (χ1v) is 7.65. The average molecular weight is 313 g/mol. The van der Waals surface area contributed by atoms with Gasteiger partial charge in [0, 0.05) is 24.6 Å². The molecule has 1 aliphatic heterocycles. The van der Waals surface area contributed by atoms with Crippen LogP contribution in [0.4, 0.5) is 5.69 Å². The van der Waals surface area contributed by atoms with Crippen molar-refractivity contribution in [2.75, 3.05) is 18.5 Å². The van der Waals surface area contributed by atoms with E-state index in [-0.39, 0.29) is 17.7 Å². The van der Waals surface area contributed by atoms with Gasteiger partial charge in [-0.25, -0.2) is 4.98 Å². The highest BCUT2D eigenvalue weighted by molar-refractivity contribution is 6.02. The average Bonchev–Trinajstić information content (AvgIpc) is 3.07. The van der Waals surface area contributed by atoms with E-state index in [9.17, 15) is 4.79 Å². The number of hydrogen-bond acceptors (Lipinski definition) is 5. The third-order valence-electron chi connectivity index (χ3n) is 3.57. The molecule has 1 N–H and O–H groups in total. The summed E-state index contributed by atoms with van der Waals surface area (Å²) in [5, 5.41) is 2.79. The molecule has 1 aliphatic rings. The molecule has 0 aliphatic carbocycles. The summed E-state index contributed by atoms with van der Waals surface area (Å²) < 4.78 is 11.3. The van der Waals surface area contributed by atoms with Gasteiger partial charge in [0.25, 0.3) is 5.91 Å². The highest BCUT2D eigenvalue weighted by Crippen LogP contribution is 2.20. The molecule has 1 unspecified atom stereocenters. The fourth-order valence-electron chi connectivity index (χ4n) is 2.33. The molecule has 1 fully saturated rings. The van der Waals surface area contributed by atoms with Crippen molar-refractivity contribution < 1.29 is 14.3 Å². The van der Waals surface area contributed by atoms with E-state index in [0.29, 0.717) is 18.0 Å². The molecule has 3 rings (SSSR count). The number of amides is 1. The van der Waals surface area contributed by atoms with E-state index < -0.39 is 0 Å². The number of carbonyl (C=O) groups excluding carboxylic acids is 1. The molecule has 0 spiro atoms. The van der Waals surface area contributed by atoms with Gasteiger partial charge in [-0.2, -0.15) is 0 Å². The quantitative estimate of drug-likeness (QED) is 0.918. The molecular formula is C17H19N3O3. The molecule has 120 valence electrons. The fraction of sp³-hybridized carbons (Fsp3) is 0.353. The molecule has 0 saturated carbocycles. The van der Waals surface area contributed by atoms with Crippen LogP contribution >= 0.6 is 0 Å². The van der Waals surface area contributed by atoms with Gasteiger partial charge >= 0.3 is 0 Å². The van der Waals surface area contributed by atoms with Gasteiger partial charge in [-0.3, -0.25) is 9.78 Å². The van der Waals surface area contributed by atoms with Crippen molar-refractivity contribution in [1.29, 1.82) is 0 Å². The second-order valence-corrected chi connectivity index (χ2v) is 5.47. The van der Waals surface area contributed by atoms with Crippen molar-refractivity contribution in [3.63, 3.8) is 0 Å². The van der Waals surface area contributed by atoms with Crippen LogP contribution in [0.25, 0.3) is 0 Å². The van der Waals surface area contributed by atoms with E-state index in [1.807, 2.05) is 19.1 Å². The molecule has 1 saturated heterocycles. The summed E-state index contributed by atoms with van der Waals surface area (Å²) in [6.45, 7) is 3.16. The predicted octanol–water partition coefficient (Wildman–Crippen LogP) is 2.60. The lowest BCUT2D eigenvalue weighted by atomic mass is 10.2. The summed E-state index contributed by atoms with van der Waals surface area (Å²) in [6.07, 6.45) is 5.30. The Hall–Kier alpha value is -2.47. The van der Waals surface area contributed by atoms with Crippen LogP contribution in [0.1, 0.15) is 29.0 Å². The summed E-state index contributed by atoms with van der Waals surface area (Å²) in [6, 6.07) is 7.28. The predicted molar refractivity (Wildman–Crippen MR) is 85.6 cm³/mol. The first kappa shape index (κ1) is 15.4. The maximum absolute atomic E-state index is 12.1. The monoisotopic (exact) mass is 313 g/mol. The number of rotatable bonds is 5. The minimum absolute atomic E-state index is 0.163. The van der Waals surface area contributed by atoms with E-state index in [4.69, 9.17) is 9.47 Å². The normalized spacial score (nSPS) is 17.0. The van der Waals surface area contributed by atoms with E-state index in [0.717, 1.165) is 25.1 Å². The Balaban J connectivity index is 1.60. The number of nitrogens with zero attached hydrogens (tertiary/aromatic N) is 2. The summed E-state index contributed by atoms with van der Waals surface area (Å²) in [5.74, 6) is 0.405. The highest BCUT2D eigenvalue weighted by atomic mass is 16.5. The van der Waals surface area contributed by atoms with Crippen molar-refractivity contribution in [1.82, 2.24) is 9.97 Å². The molecule has 1 atom stereocenters. The summed E-state index contributed by atoms with van der Waals surface area (Å²) in [5.41, 5.74) is 1.70. The topological polar surface area (TPSA) is 73.3 Å². The van der Waals surface area contributed by atoms with Crippen LogP contribution in [0.5, 0.6) is 5.75 Å². The minimum Gasteiger partial charge on any atom is -0.491 e. The number of carbonyl (C=O) groups is 1. The van der Waals surface area contributed by atoms with Crippen LogP contribution < -0.4 is 10.1 Å². The summed E-state index contributed by atoms with van der Waals surface area (Å²) >= 11 is 0. The maximum atomic E-state index is 12.1. The number of anilines is 1. The van der Waals surface area contributed by atoms with Crippen LogP contribution in [0.2, 0.25) is 0 Å². The Kier molecular flexibility index (Phi) is 4.83. The number of nitrogens with one attached hydrogen (secondary N) is 1. The van der Waals surface area contributed by atoms with Crippen LogP contribution in [-0.2, 0) is 4.74 Å². The lowest BCUT2D eigenvalue weighted by molar-refractivity contribution is 0.0680. The lowest BCUT2D eigenvalue weighted by Crippen LogP contribution is -2.16. The second kappa shape index (κ2) is 7.19. The van der Waals surface area contributed by atoms with Gasteiger partial charge in [0.15, 0.2) is 0 Å². The Labute approximate surface area is 134 Å². The zero-order valence-electron chi connectivity index (χ0n) is 13.0. The smallest absolute Gasteiger partial charge is 0.275 e. The molecule has 6 nitrogen and oxygen atoms in total.